The van der Waals surface area contributed by atoms with Gasteiger partial charge in [-0.2, -0.15) is 0 Å². The summed E-state index contributed by atoms with van der Waals surface area (Å²) in [5, 5.41) is 15.7. The molecule has 1 aromatic rings. The van der Waals surface area contributed by atoms with E-state index in [-0.39, 0.29) is 35.8 Å². The van der Waals surface area contributed by atoms with Gasteiger partial charge in [0.1, 0.15) is 0 Å². The lowest BCUT2D eigenvalue weighted by atomic mass is 9.86. The van der Waals surface area contributed by atoms with E-state index in [1.54, 1.807) is 0 Å². The topological polar surface area (TPSA) is 61.4 Å². The highest BCUT2D eigenvalue weighted by atomic mass is 35.5. The van der Waals surface area contributed by atoms with Gasteiger partial charge in [0.15, 0.2) is 0 Å². The van der Waals surface area contributed by atoms with Gasteiger partial charge in [-0.25, -0.2) is 0 Å². The molecule has 1 aromatic carbocycles. The van der Waals surface area contributed by atoms with Crippen LogP contribution in [0.15, 0.2) is 24.3 Å². The summed E-state index contributed by atoms with van der Waals surface area (Å²) in [5.74, 6) is 0.0253. The van der Waals surface area contributed by atoms with E-state index in [0.717, 1.165) is 6.54 Å². The minimum absolute atomic E-state index is 0. The maximum absolute atomic E-state index is 12.1. The Morgan fingerprint density at radius 3 is 2.38 bits per heavy atom. The number of carbonyl (C=O) groups excluding carboxylic acids is 1. The molecular weight excluding hydrogens is 288 g/mol. The quantitative estimate of drug-likeness (QED) is 0.796. The number of aliphatic hydroxyl groups excluding tert-OH is 1. The molecule has 2 atom stereocenters. The van der Waals surface area contributed by atoms with Crippen molar-refractivity contribution in [1.82, 2.24) is 10.6 Å². The number of halogens is 1. The molecule has 1 saturated heterocycles. The lowest BCUT2D eigenvalue weighted by Gasteiger charge is -2.19. The van der Waals surface area contributed by atoms with Crippen LogP contribution in [0.25, 0.3) is 0 Å². The van der Waals surface area contributed by atoms with Gasteiger partial charge in [-0.05, 0) is 23.1 Å². The monoisotopic (exact) mass is 312 g/mol. The highest BCUT2D eigenvalue weighted by Gasteiger charge is 2.25. The predicted molar refractivity (Wildman–Crippen MR) is 87.1 cm³/mol. The average molecular weight is 313 g/mol. The lowest BCUT2D eigenvalue weighted by molar-refractivity contribution is 0.0927. The van der Waals surface area contributed by atoms with Crippen molar-refractivity contribution in [3.8, 4) is 0 Å². The number of carbonyl (C=O) groups is 1. The minimum atomic E-state index is -0.362. The number of β-amino-alcohol motifs (C(OH)–C–C–N with tert-alkyl or cyclic N) is 1. The summed E-state index contributed by atoms with van der Waals surface area (Å²) < 4.78 is 0. The normalized spacial score (nSPS) is 21.7. The highest BCUT2D eigenvalue weighted by Crippen LogP contribution is 2.22. The van der Waals surface area contributed by atoms with Gasteiger partial charge in [-0.15, -0.1) is 12.4 Å². The first-order chi connectivity index (χ1) is 9.38. The molecule has 2 unspecified atom stereocenters. The Labute approximate surface area is 132 Å². The van der Waals surface area contributed by atoms with E-state index in [4.69, 9.17) is 0 Å². The Kier molecular flexibility index (Phi) is 6.20. The van der Waals surface area contributed by atoms with Crippen molar-refractivity contribution in [2.45, 2.75) is 32.3 Å². The van der Waals surface area contributed by atoms with Crippen molar-refractivity contribution < 1.29 is 9.90 Å². The van der Waals surface area contributed by atoms with Gasteiger partial charge in [-0.3, -0.25) is 4.79 Å². The second kappa shape index (κ2) is 7.25. The third-order valence-corrected chi connectivity index (χ3v) is 3.84. The fourth-order valence-corrected chi connectivity index (χ4v) is 2.37. The van der Waals surface area contributed by atoms with Crippen LogP contribution in [0, 0.1) is 5.92 Å². The van der Waals surface area contributed by atoms with Gasteiger partial charge >= 0.3 is 0 Å². The first-order valence-electron chi connectivity index (χ1n) is 7.15. The summed E-state index contributed by atoms with van der Waals surface area (Å²) in [5.41, 5.74) is 1.97. The molecule has 3 N–H and O–H groups in total. The fourth-order valence-electron chi connectivity index (χ4n) is 2.37. The molecule has 21 heavy (non-hydrogen) atoms. The van der Waals surface area contributed by atoms with Gasteiger partial charge in [0.2, 0.25) is 0 Å². The Balaban J connectivity index is 0.00000220. The number of rotatable bonds is 3. The standard InChI is InChI=1S/C16H24N2O2.ClH/c1-16(2,3)13-6-4-11(5-7-13)15(20)18-9-12-8-17-10-14(12)19;/h4-7,12,14,17,19H,8-10H2,1-3H3,(H,18,20);1H. The first kappa shape index (κ1) is 18.0. The summed E-state index contributed by atoms with van der Waals surface area (Å²) >= 11 is 0. The molecule has 0 spiro atoms. The molecule has 1 aliphatic rings. The number of amides is 1. The molecule has 1 heterocycles. The molecule has 0 saturated carbocycles. The molecule has 0 bridgehead atoms. The van der Waals surface area contributed by atoms with Crippen molar-refractivity contribution in [1.29, 1.82) is 0 Å². The van der Waals surface area contributed by atoms with E-state index >= 15 is 0 Å². The smallest absolute Gasteiger partial charge is 0.251 e. The summed E-state index contributed by atoms with van der Waals surface area (Å²) in [6, 6.07) is 7.72. The molecule has 0 radical (unpaired) electrons. The second-order valence-corrected chi connectivity index (χ2v) is 6.52. The van der Waals surface area contributed by atoms with Crippen LogP contribution < -0.4 is 10.6 Å². The van der Waals surface area contributed by atoms with E-state index in [1.807, 2.05) is 24.3 Å². The zero-order valence-corrected chi connectivity index (χ0v) is 13.7. The molecule has 1 amide bonds. The van der Waals surface area contributed by atoms with Crippen LogP contribution in [-0.4, -0.2) is 36.8 Å². The maximum atomic E-state index is 12.1. The van der Waals surface area contributed by atoms with Crippen molar-refractivity contribution in [2.24, 2.45) is 5.92 Å². The molecule has 0 aliphatic carbocycles. The molecule has 5 heteroatoms. The predicted octanol–water partition coefficient (Wildman–Crippen LogP) is 1.72. The van der Waals surface area contributed by atoms with E-state index < -0.39 is 0 Å². The number of aliphatic hydroxyl groups is 1. The van der Waals surface area contributed by atoms with Crippen LogP contribution in [0.5, 0.6) is 0 Å². The third-order valence-electron chi connectivity index (χ3n) is 3.84. The molecule has 2 rings (SSSR count). The van der Waals surface area contributed by atoms with E-state index in [0.29, 0.717) is 18.7 Å². The summed E-state index contributed by atoms with van der Waals surface area (Å²) in [6.45, 7) is 8.32. The third kappa shape index (κ3) is 4.70. The van der Waals surface area contributed by atoms with Crippen LogP contribution >= 0.6 is 12.4 Å². The van der Waals surface area contributed by atoms with Crippen LogP contribution in [0.2, 0.25) is 0 Å². The van der Waals surface area contributed by atoms with Gasteiger partial charge < -0.3 is 15.7 Å². The van der Waals surface area contributed by atoms with Crippen LogP contribution in [0.1, 0.15) is 36.7 Å². The zero-order valence-electron chi connectivity index (χ0n) is 12.8. The zero-order chi connectivity index (χ0) is 14.8. The summed E-state index contributed by atoms with van der Waals surface area (Å²) in [6.07, 6.45) is -0.362. The number of nitrogens with one attached hydrogen (secondary N) is 2. The van der Waals surface area contributed by atoms with Crippen LogP contribution in [-0.2, 0) is 5.41 Å². The molecular formula is C16H25ClN2O2. The average Bonchev–Trinajstić information content (AvgIpc) is 2.81. The number of hydrogen-bond donors (Lipinski definition) is 3. The van der Waals surface area contributed by atoms with Gasteiger partial charge in [0, 0.05) is 31.1 Å². The van der Waals surface area contributed by atoms with Crippen LogP contribution in [0.4, 0.5) is 0 Å². The van der Waals surface area contributed by atoms with E-state index in [1.165, 1.54) is 5.56 Å². The molecule has 4 nitrogen and oxygen atoms in total. The number of benzene rings is 1. The largest absolute Gasteiger partial charge is 0.391 e. The summed E-state index contributed by atoms with van der Waals surface area (Å²) in [7, 11) is 0. The lowest BCUT2D eigenvalue weighted by Crippen LogP contribution is -2.34. The first-order valence-corrected chi connectivity index (χ1v) is 7.15. The van der Waals surface area contributed by atoms with E-state index in [2.05, 4.69) is 31.4 Å². The molecule has 0 aromatic heterocycles. The van der Waals surface area contributed by atoms with Crippen LogP contribution in [0.3, 0.4) is 0 Å². The Morgan fingerprint density at radius 2 is 1.90 bits per heavy atom. The Hall–Kier alpha value is -1.10. The summed E-state index contributed by atoms with van der Waals surface area (Å²) in [4.78, 5) is 12.1. The van der Waals surface area contributed by atoms with Gasteiger partial charge in [0.25, 0.3) is 5.91 Å². The molecule has 1 fully saturated rings. The van der Waals surface area contributed by atoms with Crippen molar-refractivity contribution >= 4 is 18.3 Å². The minimum Gasteiger partial charge on any atom is -0.391 e. The maximum Gasteiger partial charge on any atom is 0.251 e. The Bertz CT molecular complexity index is 468. The SMILES string of the molecule is CC(C)(C)c1ccc(C(=O)NCC2CNCC2O)cc1.Cl. The van der Waals surface area contributed by atoms with Crippen molar-refractivity contribution in [2.75, 3.05) is 19.6 Å². The van der Waals surface area contributed by atoms with E-state index in [9.17, 15) is 9.90 Å². The Morgan fingerprint density at radius 1 is 1.29 bits per heavy atom. The molecule has 1 aliphatic heterocycles. The van der Waals surface area contributed by atoms with Gasteiger partial charge in [-0.1, -0.05) is 32.9 Å². The van der Waals surface area contributed by atoms with Crippen molar-refractivity contribution in [3.63, 3.8) is 0 Å². The molecule has 118 valence electrons. The second-order valence-electron chi connectivity index (χ2n) is 6.52. The fraction of sp³-hybridized carbons (Fsp3) is 0.562. The van der Waals surface area contributed by atoms with Crippen molar-refractivity contribution in [3.05, 3.63) is 35.4 Å². The van der Waals surface area contributed by atoms with Gasteiger partial charge in [0.05, 0.1) is 6.10 Å². The number of hydrogen-bond acceptors (Lipinski definition) is 3. The highest BCUT2D eigenvalue weighted by molar-refractivity contribution is 5.94.